The van der Waals surface area contributed by atoms with Crippen LogP contribution in [0.2, 0.25) is 0 Å². The molecule has 1 radical (unpaired) electrons. The van der Waals surface area contributed by atoms with Crippen molar-refractivity contribution in [1.29, 1.82) is 0 Å². The minimum absolute atomic E-state index is 0. The maximum absolute atomic E-state index is 9.34. The zero-order chi connectivity index (χ0) is 4.28. The van der Waals surface area contributed by atoms with Gasteiger partial charge in [-0.1, -0.05) is 0 Å². The van der Waals surface area contributed by atoms with Crippen LogP contribution in [-0.4, -0.2) is 11.2 Å². The Morgan fingerprint density at radius 1 is 1.83 bits per heavy atom. The summed E-state index contributed by atoms with van der Waals surface area (Å²) in [5.41, 5.74) is 0. The largest absolute Gasteiger partial charge is 3.00 e. The fourth-order valence-corrected chi connectivity index (χ4v) is 0. The molecule has 3 nitrogen and oxygen atoms in total. The molecule has 0 atom stereocenters. The van der Waals surface area contributed by atoms with Gasteiger partial charge < -0.3 is 4.89 Å². The quantitative estimate of drug-likeness (QED) is 0.369. The molecule has 0 unspecified atom stereocenters. The first kappa shape index (κ1) is 9.35. The van der Waals surface area contributed by atoms with Crippen molar-refractivity contribution in [2.75, 3.05) is 0 Å². The molecule has 0 aromatic rings. The van der Waals surface area contributed by atoms with Crippen LogP contribution < -0.4 is 0 Å². The van der Waals surface area contributed by atoms with Crippen LogP contribution in [0.15, 0.2) is 0 Å². The van der Waals surface area contributed by atoms with Gasteiger partial charge in [0, 0.05) is 6.92 Å². The molecular weight excluding hydrogens is 124 g/mol. The normalized spacial score (nSPS) is 5.67. The molecule has 0 spiro atoms. The summed E-state index contributed by atoms with van der Waals surface area (Å²) in [6.45, 7) is 1.11. The van der Waals surface area contributed by atoms with Crippen LogP contribution in [0.4, 0.5) is 0 Å². The first-order chi connectivity index (χ1) is 2.27. The monoisotopic (exact) mass is 128 g/mol. The molecule has 0 aromatic carbocycles. The van der Waals surface area contributed by atoms with Crippen molar-refractivity contribution in [3.63, 3.8) is 0 Å². The Hall–Kier alpha value is -0.0375. The third-order valence-corrected chi connectivity index (χ3v) is 0.129. The minimum Gasteiger partial charge on any atom is -0.301 e. The Balaban J connectivity index is 0. The van der Waals surface area contributed by atoms with Crippen molar-refractivity contribution in [2.24, 2.45) is 0 Å². The first-order valence-electron chi connectivity index (χ1n) is 1.09. The van der Waals surface area contributed by atoms with Gasteiger partial charge in [-0.15, -0.1) is 0 Å². The molecule has 0 saturated heterocycles. The van der Waals surface area contributed by atoms with Gasteiger partial charge in [0.05, 0.1) is 0 Å². The second kappa shape index (κ2) is 4.96. The van der Waals surface area contributed by atoms with Gasteiger partial charge in [-0.25, -0.2) is 4.79 Å². The summed E-state index contributed by atoms with van der Waals surface area (Å²) in [5.74, 6) is -0.690. The van der Waals surface area contributed by atoms with Crippen LogP contribution in [0.25, 0.3) is 0 Å². The van der Waals surface area contributed by atoms with Gasteiger partial charge in [0.25, 0.3) is 0 Å². The SMILES string of the molecule is CC(=O)OO.[Cr+3]. The number of carbonyl (C=O) groups excluding carboxylic acids is 1. The molecule has 0 saturated carbocycles. The zero-order valence-corrected chi connectivity index (χ0v) is 4.45. The summed E-state index contributed by atoms with van der Waals surface area (Å²) in [6.07, 6.45) is 0. The molecule has 0 rings (SSSR count). The van der Waals surface area contributed by atoms with E-state index in [1.807, 2.05) is 0 Å². The minimum atomic E-state index is -0.690. The zero-order valence-electron chi connectivity index (χ0n) is 3.17. The average molecular weight is 128 g/mol. The van der Waals surface area contributed by atoms with Gasteiger partial charge in [0.15, 0.2) is 0 Å². The summed E-state index contributed by atoms with van der Waals surface area (Å²) in [4.78, 5) is 12.5. The van der Waals surface area contributed by atoms with E-state index in [0.717, 1.165) is 6.92 Å². The van der Waals surface area contributed by atoms with Crippen molar-refractivity contribution >= 4 is 5.97 Å². The Morgan fingerprint density at radius 3 is 2.00 bits per heavy atom. The van der Waals surface area contributed by atoms with Crippen LogP contribution in [-0.2, 0) is 27.0 Å². The van der Waals surface area contributed by atoms with Crippen molar-refractivity contribution < 1.29 is 32.3 Å². The van der Waals surface area contributed by atoms with Gasteiger partial charge in [-0.2, -0.15) is 5.26 Å². The number of hydrogen-bond acceptors (Lipinski definition) is 3. The molecule has 0 fully saturated rings. The summed E-state index contributed by atoms with van der Waals surface area (Å²) in [6, 6.07) is 0. The molecule has 0 heterocycles. The topological polar surface area (TPSA) is 46.5 Å². The summed E-state index contributed by atoms with van der Waals surface area (Å²) in [7, 11) is 0. The van der Waals surface area contributed by atoms with Crippen LogP contribution in [0.1, 0.15) is 6.92 Å². The van der Waals surface area contributed by atoms with Crippen molar-refractivity contribution in [3.8, 4) is 0 Å². The van der Waals surface area contributed by atoms with Gasteiger partial charge in [-0.3, -0.25) is 0 Å². The molecule has 4 heteroatoms. The standard InChI is InChI=1S/C2H4O3.Cr/c1-2(3)5-4;/h4H,1H3;/q;+3. The molecule has 33 valence electrons. The molecule has 0 bridgehead atoms. The van der Waals surface area contributed by atoms with Gasteiger partial charge in [0.2, 0.25) is 0 Å². The fourth-order valence-electron chi connectivity index (χ4n) is 0. The number of hydrogen-bond donors (Lipinski definition) is 1. The third-order valence-electron chi connectivity index (χ3n) is 0.129. The van der Waals surface area contributed by atoms with Crippen LogP contribution in [0.3, 0.4) is 0 Å². The molecular formula is C2H4CrO3+3. The maximum Gasteiger partial charge on any atom is 3.00 e. The van der Waals surface area contributed by atoms with Gasteiger partial charge >= 0.3 is 23.3 Å². The van der Waals surface area contributed by atoms with E-state index < -0.39 is 5.97 Å². The average Bonchev–Trinajstić information content (AvgIpc) is 1.38. The molecule has 0 aliphatic rings. The first-order valence-corrected chi connectivity index (χ1v) is 1.09. The smallest absolute Gasteiger partial charge is 0.301 e. The molecule has 0 aromatic heterocycles. The van der Waals surface area contributed by atoms with Crippen molar-refractivity contribution in [2.45, 2.75) is 6.92 Å². The third kappa shape index (κ3) is 9.03. The Labute approximate surface area is 46.0 Å². The summed E-state index contributed by atoms with van der Waals surface area (Å²) >= 11 is 0. The van der Waals surface area contributed by atoms with Crippen molar-refractivity contribution in [1.82, 2.24) is 0 Å². The number of rotatable bonds is 0. The van der Waals surface area contributed by atoms with Crippen LogP contribution in [0.5, 0.6) is 0 Å². The Bertz CT molecular complexity index is 44.1. The Morgan fingerprint density at radius 2 is 2.00 bits per heavy atom. The summed E-state index contributed by atoms with van der Waals surface area (Å²) in [5, 5.41) is 7.29. The predicted octanol–water partition coefficient (Wildman–Crippen LogP) is 0.0200. The second-order valence-corrected chi connectivity index (χ2v) is 0.583. The van der Waals surface area contributed by atoms with E-state index in [9.17, 15) is 4.79 Å². The van der Waals surface area contributed by atoms with E-state index in [1.54, 1.807) is 0 Å². The molecule has 1 N–H and O–H groups in total. The second-order valence-electron chi connectivity index (χ2n) is 0.583. The van der Waals surface area contributed by atoms with Crippen LogP contribution >= 0.6 is 0 Å². The van der Waals surface area contributed by atoms with Crippen LogP contribution in [0, 0.1) is 0 Å². The predicted molar refractivity (Wildman–Crippen MR) is 14.4 cm³/mol. The van der Waals surface area contributed by atoms with E-state index in [2.05, 4.69) is 4.89 Å². The van der Waals surface area contributed by atoms with E-state index in [0.29, 0.717) is 0 Å². The van der Waals surface area contributed by atoms with Gasteiger partial charge in [-0.05, 0) is 0 Å². The maximum atomic E-state index is 9.34. The summed E-state index contributed by atoms with van der Waals surface area (Å²) < 4.78 is 0. The molecule has 0 amide bonds. The van der Waals surface area contributed by atoms with Gasteiger partial charge in [0.1, 0.15) is 0 Å². The molecule has 0 aliphatic heterocycles. The Kier molecular flexibility index (Phi) is 7.73. The van der Waals surface area contributed by atoms with E-state index in [-0.39, 0.29) is 17.4 Å². The van der Waals surface area contributed by atoms with Crippen molar-refractivity contribution in [3.05, 3.63) is 0 Å². The molecule has 6 heavy (non-hydrogen) atoms. The number of carbonyl (C=O) groups is 1. The van der Waals surface area contributed by atoms with E-state index in [1.165, 1.54) is 0 Å². The molecule has 0 aliphatic carbocycles. The van der Waals surface area contributed by atoms with E-state index >= 15 is 0 Å². The van der Waals surface area contributed by atoms with E-state index in [4.69, 9.17) is 5.26 Å². The fraction of sp³-hybridized carbons (Fsp3) is 0.500.